The Morgan fingerprint density at radius 2 is 1.93 bits per heavy atom. The van der Waals surface area contributed by atoms with Crippen molar-refractivity contribution in [2.24, 2.45) is 11.8 Å². The Morgan fingerprint density at radius 1 is 1.18 bits per heavy atom. The number of thiophene rings is 1. The number of benzene rings is 1. The minimum atomic E-state index is -1.16. The summed E-state index contributed by atoms with van der Waals surface area (Å²) >= 11 is 1.54. The maximum absolute atomic E-state index is 13.3. The largest absolute Gasteiger partial charge is 0.464 e. The van der Waals surface area contributed by atoms with E-state index in [1.165, 1.54) is 12.0 Å². The molecule has 0 aliphatic carbocycles. The average Bonchev–Trinajstić information content (AvgIpc) is 3.40. The summed E-state index contributed by atoms with van der Waals surface area (Å²) in [6.07, 6.45) is 0.333. The first-order valence-corrected chi connectivity index (χ1v) is 10.3. The first-order chi connectivity index (χ1) is 13.5. The molecule has 1 aromatic heterocycles. The summed E-state index contributed by atoms with van der Waals surface area (Å²) in [7, 11) is 1.34. The molecule has 7 heteroatoms. The van der Waals surface area contributed by atoms with E-state index in [0.717, 1.165) is 10.4 Å². The monoisotopic (exact) mass is 399 g/mol. The summed E-state index contributed by atoms with van der Waals surface area (Å²) < 4.78 is 5.19. The van der Waals surface area contributed by atoms with Gasteiger partial charge in [-0.2, -0.15) is 0 Å². The number of nitrogens with zero attached hydrogens (tertiary/aromatic N) is 1. The summed E-state index contributed by atoms with van der Waals surface area (Å²) in [4.78, 5) is 41.8. The van der Waals surface area contributed by atoms with Crippen LogP contribution in [0.5, 0.6) is 0 Å². The van der Waals surface area contributed by atoms with Crippen molar-refractivity contribution in [3.8, 4) is 0 Å². The van der Waals surface area contributed by atoms with E-state index in [0.29, 0.717) is 13.0 Å². The Kier molecular flexibility index (Phi) is 4.81. The number of nitrogens with two attached hydrogens (primary N) is 1. The second-order valence-electron chi connectivity index (χ2n) is 7.33. The van der Waals surface area contributed by atoms with Crippen LogP contribution < -0.4 is 5.32 Å². The molecular formula is C21H23N2O4S+. The third-order valence-corrected chi connectivity index (χ3v) is 6.93. The van der Waals surface area contributed by atoms with Crippen molar-refractivity contribution in [1.82, 2.24) is 4.90 Å². The minimum absolute atomic E-state index is 0.189. The number of hydrogen-bond acceptors (Lipinski definition) is 5. The van der Waals surface area contributed by atoms with Crippen LogP contribution in [0.3, 0.4) is 0 Å². The summed E-state index contributed by atoms with van der Waals surface area (Å²) in [5, 5.41) is 3.86. The molecule has 0 unspecified atom stereocenters. The van der Waals surface area contributed by atoms with Gasteiger partial charge in [-0.15, -0.1) is 11.3 Å². The molecule has 0 saturated carbocycles. The Bertz CT molecular complexity index is 898. The van der Waals surface area contributed by atoms with E-state index in [9.17, 15) is 14.4 Å². The molecular weight excluding hydrogens is 376 g/mol. The smallest absolute Gasteiger partial charge is 0.369 e. The Labute approximate surface area is 167 Å². The third-order valence-electron chi connectivity index (χ3n) is 5.95. The van der Waals surface area contributed by atoms with Crippen molar-refractivity contribution >= 4 is 29.1 Å². The molecule has 146 valence electrons. The molecule has 4 rings (SSSR count). The van der Waals surface area contributed by atoms with E-state index in [-0.39, 0.29) is 17.9 Å². The number of esters is 1. The Hall–Kier alpha value is -2.51. The van der Waals surface area contributed by atoms with Crippen LogP contribution in [0.15, 0.2) is 47.8 Å². The lowest BCUT2D eigenvalue weighted by molar-refractivity contribution is -0.733. The molecule has 2 fully saturated rings. The van der Waals surface area contributed by atoms with E-state index >= 15 is 0 Å². The number of rotatable bonds is 5. The van der Waals surface area contributed by atoms with Gasteiger partial charge in [0.05, 0.1) is 12.0 Å². The molecule has 0 spiro atoms. The molecule has 1 aromatic carbocycles. The minimum Gasteiger partial charge on any atom is -0.464 e. The highest BCUT2D eigenvalue weighted by molar-refractivity contribution is 7.10. The molecule has 6 nitrogen and oxygen atoms in total. The third kappa shape index (κ3) is 2.69. The average molecular weight is 399 g/mol. The van der Waals surface area contributed by atoms with Crippen LogP contribution in [0.25, 0.3) is 0 Å². The maximum atomic E-state index is 13.3. The number of hydrogen-bond donors (Lipinski definition) is 1. The van der Waals surface area contributed by atoms with Crippen molar-refractivity contribution in [3.63, 3.8) is 0 Å². The quantitative estimate of drug-likeness (QED) is 0.604. The number of carbonyl (C=O) groups is 3. The van der Waals surface area contributed by atoms with E-state index in [4.69, 9.17) is 4.74 Å². The van der Waals surface area contributed by atoms with Crippen LogP contribution in [0, 0.1) is 11.8 Å². The van der Waals surface area contributed by atoms with E-state index in [1.807, 2.05) is 53.2 Å². The number of methoxy groups -OCH3 is 1. The lowest BCUT2D eigenvalue weighted by atomic mass is 9.76. The van der Waals surface area contributed by atoms with Gasteiger partial charge >= 0.3 is 5.97 Å². The lowest BCUT2D eigenvalue weighted by Gasteiger charge is -2.29. The first-order valence-electron chi connectivity index (χ1n) is 9.40. The molecule has 4 atom stereocenters. The maximum Gasteiger partial charge on any atom is 0.369 e. The van der Waals surface area contributed by atoms with Crippen molar-refractivity contribution in [2.75, 3.05) is 13.7 Å². The van der Waals surface area contributed by atoms with Crippen LogP contribution in [0.2, 0.25) is 0 Å². The van der Waals surface area contributed by atoms with Crippen molar-refractivity contribution < 1.29 is 24.4 Å². The van der Waals surface area contributed by atoms with E-state index in [1.54, 1.807) is 18.3 Å². The molecule has 28 heavy (non-hydrogen) atoms. The number of carbonyl (C=O) groups excluding carboxylic acids is 3. The zero-order valence-electron chi connectivity index (χ0n) is 15.8. The zero-order chi connectivity index (χ0) is 19.9. The van der Waals surface area contributed by atoms with Crippen molar-refractivity contribution in [2.45, 2.75) is 24.9 Å². The highest BCUT2D eigenvalue weighted by Crippen LogP contribution is 2.46. The number of amides is 2. The van der Waals surface area contributed by atoms with Crippen LogP contribution in [-0.2, 0) is 25.5 Å². The van der Waals surface area contributed by atoms with Crippen LogP contribution in [0.4, 0.5) is 0 Å². The molecule has 2 amide bonds. The number of likely N-dealkylation sites (tertiary alicyclic amines) is 1. The summed E-state index contributed by atoms with van der Waals surface area (Å²) in [5.74, 6) is -2.21. The molecule has 0 radical (unpaired) electrons. The second-order valence-corrected chi connectivity index (χ2v) is 8.31. The van der Waals surface area contributed by atoms with Crippen molar-refractivity contribution in [1.29, 1.82) is 0 Å². The van der Waals surface area contributed by atoms with Crippen LogP contribution >= 0.6 is 11.3 Å². The number of quaternary nitrogens is 1. The second kappa shape index (κ2) is 7.14. The van der Waals surface area contributed by atoms with Gasteiger partial charge in [0.2, 0.25) is 17.4 Å². The Morgan fingerprint density at radius 3 is 2.54 bits per heavy atom. The normalized spacial score (nSPS) is 29.2. The standard InChI is InChI=1S/C21H22N2O4S/c1-3-23-18(24)15-16(19(23)25)21(20(26)27-2,12-13-8-5-4-6-9-13)22-17(15)14-10-7-11-28-14/h4-11,15-17,22H,3,12H2,1-2H3/p+1/t15-,16+,17-,21-/m1/s1. The van der Waals surface area contributed by atoms with Crippen LogP contribution in [-0.4, -0.2) is 41.9 Å². The molecule has 2 saturated heterocycles. The van der Waals surface area contributed by atoms with E-state index in [2.05, 4.69) is 0 Å². The molecule has 2 aliphatic heterocycles. The van der Waals surface area contributed by atoms with Gasteiger partial charge in [0.1, 0.15) is 17.9 Å². The number of imide groups is 1. The fourth-order valence-electron chi connectivity index (χ4n) is 4.79. The summed E-state index contributed by atoms with van der Waals surface area (Å²) in [6.45, 7) is 2.10. The molecule has 0 bridgehead atoms. The SMILES string of the molecule is CCN1C(=O)[C@H]2[C@@H](c3cccs3)[NH2+][C@@](Cc3ccccc3)(C(=O)OC)[C@@H]2C1=O. The molecule has 3 heterocycles. The van der Waals surface area contributed by atoms with Gasteiger partial charge in [-0.05, 0) is 23.9 Å². The highest BCUT2D eigenvalue weighted by Gasteiger charge is 2.72. The molecule has 2 aromatic rings. The topological polar surface area (TPSA) is 80.3 Å². The fraction of sp³-hybridized carbons (Fsp3) is 0.381. The van der Waals surface area contributed by atoms with Gasteiger partial charge < -0.3 is 10.1 Å². The zero-order valence-corrected chi connectivity index (χ0v) is 16.6. The summed E-state index contributed by atoms with van der Waals surface area (Å²) in [6, 6.07) is 13.2. The van der Waals surface area contributed by atoms with Crippen LogP contribution in [0.1, 0.15) is 23.4 Å². The van der Waals surface area contributed by atoms with Crippen molar-refractivity contribution in [3.05, 3.63) is 58.3 Å². The van der Waals surface area contributed by atoms with Gasteiger partial charge in [-0.1, -0.05) is 36.4 Å². The first kappa shape index (κ1) is 18.8. The molecule has 2 N–H and O–H groups in total. The molecule has 2 aliphatic rings. The lowest BCUT2D eigenvalue weighted by Crippen LogP contribution is -2.98. The van der Waals surface area contributed by atoms with Gasteiger partial charge in [0.15, 0.2) is 0 Å². The number of fused-ring (bicyclic) bond motifs is 1. The van der Waals surface area contributed by atoms with Gasteiger partial charge in [-0.25, -0.2) is 4.79 Å². The van der Waals surface area contributed by atoms with Gasteiger partial charge in [-0.3, -0.25) is 14.5 Å². The van der Waals surface area contributed by atoms with Gasteiger partial charge in [0.25, 0.3) is 0 Å². The number of ether oxygens (including phenoxy) is 1. The predicted octanol–water partition coefficient (Wildman–Crippen LogP) is 1.14. The van der Waals surface area contributed by atoms with E-state index < -0.39 is 23.3 Å². The Balaban J connectivity index is 1.86. The predicted molar refractivity (Wildman–Crippen MR) is 103 cm³/mol. The van der Waals surface area contributed by atoms with Gasteiger partial charge in [0, 0.05) is 13.0 Å². The highest BCUT2D eigenvalue weighted by atomic mass is 32.1. The summed E-state index contributed by atoms with van der Waals surface area (Å²) in [5.41, 5.74) is -0.226. The fourth-order valence-corrected chi connectivity index (χ4v) is 5.64.